The van der Waals surface area contributed by atoms with Crippen LogP contribution >= 0.6 is 11.6 Å². The first-order valence-electron chi connectivity index (χ1n) is 8.29. The van der Waals surface area contributed by atoms with Crippen molar-refractivity contribution in [3.8, 4) is 5.69 Å². The summed E-state index contributed by atoms with van der Waals surface area (Å²) in [5.41, 5.74) is 2.04. The molecule has 0 saturated carbocycles. The first-order chi connectivity index (χ1) is 13.9. The van der Waals surface area contributed by atoms with Crippen LogP contribution in [0.1, 0.15) is 10.4 Å². The monoisotopic (exact) mass is 411 g/mol. The van der Waals surface area contributed by atoms with Gasteiger partial charge in [-0.1, -0.05) is 11.6 Å². The van der Waals surface area contributed by atoms with Crippen LogP contribution in [0.4, 0.5) is 15.8 Å². The van der Waals surface area contributed by atoms with E-state index in [1.165, 1.54) is 29.1 Å². The van der Waals surface area contributed by atoms with Gasteiger partial charge >= 0.3 is 0 Å². The number of nitrogens with zero attached hydrogens (tertiary/aromatic N) is 4. The van der Waals surface area contributed by atoms with E-state index in [4.69, 9.17) is 11.6 Å². The Kier molecular flexibility index (Phi) is 4.65. The molecule has 1 N–H and O–H groups in total. The summed E-state index contributed by atoms with van der Waals surface area (Å²) in [7, 11) is 0. The molecule has 8 nitrogen and oxygen atoms in total. The summed E-state index contributed by atoms with van der Waals surface area (Å²) in [4.78, 5) is 24.0. The molecule has 10 heteroatoms. The van der Waals surface area contributed by atoms with Crippen LogP contribution in [0.15, 0.2) is 60.7 Å². The molecular formula is C19H11ClFN5O3. The molecule has 0 unspecified atom stereocenters. The van der Waals surface area contributed by atoms with Gasteiger partial charge in [0, 0.05) is 17.8 Å². The fourth-order valence-electron chi connectivity index (χ4n) is 2.68. The third kappa shape index (κ3) is 3.76. The van der Waals surface area contributed by atoms with Crippen molar-refractivity contribution in [1.29, 1.82) is 0 Å². The third-order valence-electron chi connectivity index (χ3n) is 4.10. The fourth-order valence-corrected chi connectivity index (χ4v) is 2.94. The van der Waals surface area contributed by atoms with Crippen molar-refractivity contribution in [1.82, 2.24) is 15.0 Å². The molecule has 29 heavy (non-hydrogen) atoms. The molecule has 4 rings (SSSR count). The van der Waals surface area contributed by atoms with Crippen molar-refractivity contribution in [3.05, 3.63) is 87.2 Å². The van der Waals surface area contributed by atoms with Crippen molar-refractivity contribution < 1.29 is 14.1 Å². The van der Waals surface area contributed by atoms with E-state index in [1.54, 1.807) is 30.3 Å². The number of nitrogens with one attached hydrogen (secondary N) is 1. The zero-order valence-electron chi connectivity index (χ0n) is 14.5. The lowest BCUT2D eigenvalue weighted by Gasteiger charge is -2.06. The molecule has 1 amide bonds. The molecule has 144 valence electrons. The van der Waals surface area contributed by atoms with Gasteiger partial charge in [-0.2, -0.15) is 4.80 Å². The fraction of sp³-hybridized carbons (Fsp3) is 0. The molecule has 0 aliphatic rings. The van der Waals surface area contributed by atoms with Crippen LogP contribution in [0.5, 0.6) is 0 Å². The molecule has 0 fully saturated rings. The molecule has 0 radical (unpaired) electrons. The van der Waals surface area contributed by atoms with Gasteiger partial charge < -0.3 is 5.32 Å². The number of benzene rings is 3. The predicted molar refractivity (Wildman–Crippen MR) is 105 cm³/mol. The van der Waals surface area contributed by atoms with Crippen molar-refractivity contribution in [3.63, 3.8) is 0 Å². The molecule has 0 spiro atoms. The Morgan fingerprint density at radius 3 is 2.45 bits per heavy atom. The van der Waals surface area contributed by atoms with Crippen LogP contribution in [0.2, 0.25) is 5.02 Å². The quantitative estimate of drug-likeness (QED) is 0.396. The highest BCUT2D eigenvalue weighted by atomic mass is 35.5. The van der Waals surface area contributed by atoms with Gasteiger partial charge in [0.25, 0.3) is 11.6 Å². The van der Waals surface area contributed by atoms with E-state index in [1.807, 2.05) is 0 Å². The number of carbonyl (C=O) groups excluding carboxylic acids is 1. The number of carbonyl (C=O) groups is 1. The van der Waals surface area contributed by atoms with Crippen LogP contribution in [-0.4, -0.2) is 25.8 Å². The standard InChI is InChI=1S/C19H11ClFN5O3/c20-16-10-14(26(28)29)6-7-15(16)19(27)22-12-3-8-17-18(9-12)24-25(23-17)13-4-1-11(21)2-5-13/h1-10H,(H,22,27). The molecule has 0 aliphatic heterocycles. The maximum absolute atomic E-state index is 13.1. The van der Waals surface area contributed by atoms with E-state index in [2.05, 4.69) is 15.5 Å². The lowest BCUT2D eigenvalue weighted by atomic mass is 10.2. The summed E-state index contributed by atoms with van der Waals surface area (Å²) in [5.74, 6) is -0.879. The molecule has 1 aromatic heterocycles. The van der Waals surface area contributed by atoms with Gasteiger partial charge in [0.05, 0.1) is 21.2 Å². The van der Waals surface area contributed by atoms with Crippen LogP contribution in [-0.2, 0) is 0 Å². The molecule has 3 aromatic carbocycles. The maximum Gasteiger partial charge on any atom is 0.270 e. The predicted octanol–water partition coefficient (Wildman–Crippen LogP) is 4.37. The van der Waals surface area contributed by atoms with Crippen LogP contribution in [0, 0.1) is 15.9 Å². The highest BCUT2D eigenvalue weighted by Gasteiger charge is 2.15. The molecule has 0 aliphatic carbocycles. The number of fused-ring (bicyclic) bond motifs is 1. The third-order valence-corrected chi connectivity index (χ3v) is 4.42. The van der Waals surface area contributed by atoms with E-state index >= 15 is 0 Å². The first-order valence-corrected chi connectivity index (χ1v) is 8.67. The number of hydrogen-bond acceptors (Lipinski definition) is 5. The SMILES string of the molecule is O=C(Nc1ccc2nn(-c3ccc(F)cc3)nc2c1)c1ccc([N+](=O)[O-])cc1Cl. The topological polar surface area (TPSA) is 103 Å². The van der Waals surface area contributed by atoms with Gasteiger partial charge in [0.2, 0.25) is 0 Å². The average Bonchev–Trinajstić information content (AvgIpc) is 3.11. The number of amides is 1. The number of nitro groups is 1. The first kappa shape index (κ1) is 18.5. The Hall–Kier alpha value is -3.85. The number of anilines is 1. The minimum atomic E-state index is -0.591. The Morgan fingerprint density at radius 2 is 1.76 bits per heavy atom. The van der Waals surface area contributed by atoms with Crippen molar-refractivity contribution in [2.75, 3.05) is 5.32 Å². The van der Waals surface area contributed by atoms with Gasteiger partial charge in [-0.15, -0.1) is 10.2 Å². The minimum Gasteiger partial charge on any atom is -0.322 e. The largest absolute Gasteiger partial charge is 0.322 e. The minimum absolute atomic E-state index is 0.0277. The van der Waals surface area contributed by atoms with E-state index in [0.29, 0.717) is 22.4 Å². The van der Waals surface area contributed by atoms with Gasteiger partial charge in [0.15, 0.2) is 0 Å². The van der Waals surface area contributed by atoms with Gasteiger partial charge in [-0.05, 0) is 48.5 Å². The number of halogens is 2. The van der Waals surface area contributed by atoms with Gasteiger partial charge in [-0.25, -0.2) is 4.39 Å². The van der Waals surface area contributed by atoms with E-state index in [9.17, 15) is 19.3 Å². The number of aromatic nitrogens is 3. The summed E-state index contributed by atoms with van der Waals surface area (Å²) in [5, 5.41) is 22.1. The van der Waals surface area contributed by atoms with Crippen LogP contribution in [0.25, 0.3) is 16.7 Å². The summed E-state index contributed by atoms with van der Waals surface area (Å²) < 4.78 is 13.1. The lowest BCUT2D eigenvalue weighted by Crippen LogP contribution is -2.12. The zero-order chi connectivity index (χ0) is 20.5. The number of hydrogen-bond donors (Lipinski definition) is 1. The molecule has 0 saturated heterocycles. The number of non-ortho nitro benzene ring substituents is 1. The molecule has 1 heterocycles. The Balaban J connectivity index is 1.59. The molecule has 0 atom stereocenters. The van der Waals surface area contributed by atoms with Crippen molar-refractivity contribution in [2.45, 2.75) is 0 Å². The second-order valence-corrected chi connectivity index (χ2v) is 6.45. The van der Waals surface area contributed by atoms with Crippen molar-refractivity contribution in [2.24, 2.45) is 0 Å². The second-order valence-electron chi connectivity index (χ2n) is 6.04. The van der Waals surface area contributed by atoms with E-state index in [0.717, 1.165) is 6.07 Å². The summed E-state index contributed by atoms with van der Waals surface area (Å²) >= 11 is 5.99. The Bertz CT molecular complexity index is 1260. The summed E-state index contributed by atoms with van der Waals surface area (Å²) in [6.45, 7) is 0. The van der Waals surface area contributed by atoms with Gasteiger partial charge in [-0.3, -0.25) is 14.9 Å². The average molecular weight is 412 g/mol. The molecule has 4 aromatic rings. The normalized spacial score (nSPS) is 10.8. The number of rotatable bonds is 4. The van der Waals surface area contributed by atoms with E-state index < -0.39 is 10.8 Å². The smallest absolute Gasteiger partial charge is 0.270 e. The molecular weight excluding hydrogens is 401 g/mol. The Morgan fingerprint density at radius 1 is 1.03 bits per heavy atom. The van der Waals surface area contributed by atoms with Crippen LogP contribution in [0.3, 0.4) is 0 Å². The van der Waals surface area contributed by atoms with Gasteiger partial charge in [0.1, 0.15) is 16.9 Å². The summed E-state index contributed by atoms with van der Waals surface area (Å²) in [6, 6.07) is 14.3. The summed E-state index contributed by atoms with van der Waals surface area (Å²) in [6.07, 6.45) is 0. The second kappa shape index (κ2) is 7.28. The lowest BCUT2D eigenvalue weighted by molar-refractivity contribution is -0.384. The van der Waals surface area contributed by atoms with Crippen LogP contribution < -0.4 is 5.32 Å². The highest BCUT2D eigenvalue weighted by Crippen LogP contribution is 2.24. The molecule has 0 bridgehead atoms. The Labute approximate surface area is 167 Å². The number of nitro benzene ring substituents is 1. The zero-order valence-corrected chi connectivity index (χ0v) is 15.3. The maximum atomic E-state index is 13.1. The van der Waals surface area contributed by atoms with Crippen molar-refractivity contribution >= 4 is 39.9 Å². The van der Waals surface area contributed by atoms with E-state index in [-0.39, 0.29) is 22.1 Å². The highest BCUT2D eigenvalue weighted by molar-refractivity contribution is 6.34.